The van der Waals surface area contributed by atoms with Crippen LogP contribution in [0.5, 0.6) is 0 Å². The quantitative estimate of drug-likeness (QED) is 0.583. The fraction of sp³-hybridized carbons (Fsp3) is 0.550. The Morgan fingerprint density at radius 1 is 1.22 bits per heavy atom. The number of carboxylic acid groups (broad SMARTS) is 1. The van der Waals surface area contributed by atoms with Crippen molar-refractivity contribution in [2.75, 3.05) is 5.32 Å². The van der Waals surface area contributed by atoms with Gasteiger partial charge in [0.1, 0.15) is 6.04 Å². The summed E-state index contributed by atoms with van der Waals surface area (Å²) in [5, 5.41) is 14.5. The Morgan fingerprint density at radius 3 is 2.48 bits per heavy atom. The second-order valence-corrected chi connectivity index (χ2v) is 7.63. The number of amides is 2. The summed E-state index contributed by atoms with van der Waals surface area (Å²) in [6.07, 6.45) is 4.25. The maximum atomic E-state index is 13.0. The standard InChI is InChI=1S/C20H27ClN2O4/c1-3-12(2)17(23-20(26)27)19(25)22-16-10-9-14(21)11-15(16)18(24)13-7-5-4-6-8-13/h9-13,17,23H,3-8H2,1-2H3,(H,22,25)(H,26,27). The molecule has 148 valence electrons. The first-order chi connectivity index (χ1) is 12.8. The van der Waals surface area contributed by atoms with Gasteiger partial charge >= 0.3 is 6.09 Å². The van der Waals surface area contributed by atoms with Crippen LogP contribution in [0.4, 0.5) is 10.5 Å². The van der Waals surface area contributed by atoms with Crippen LogP contribution in [0.2, 0.25) is 5.02 Å². The van der Waals surface area contributed by atoms with Gasteiger partial charge in [-0.25, -0.2) is 4.79 Å². The van der Waals surface area contributed by atoms with Crippen molar-refractivity contribution in [3.05, 3.63) is 28.8 Å². The van der Waals surface area contributed by atoms with E-state index in [9.17, 15) is 14.4 Å². The molecule has 1 aliphatic carbocycles. The van der Waals surface area contributed by atoms with Crippen molar-refractivity contribution < 1.29 is 19.5 Å². The number of carbonyl (C=O) groups is 3. The molecule has 2 unspecified atom stereocenters. The Balaban J connectivity index is 2.25. The molecule has 27 heavy (non-hydrogen) atoms. The van der Waals surface area contributed by atoms with Crippen LogP contribution in [-0.4, -0.2) is 28.9 Å². The number of Topliss-reactive ketones (excluding diaryl/α,β-unsaturated/α-hetero) is 1. The van der Waals surface area contributed by atoms with Gasteiger partial charge in [0.25, 0.3) is 0 Å². The summed E-state index contributed by atoms with van der Waals surface area (Å²) in [5.74, 6) is -0.744. The highest BCUT2D eigenvalue weighted by Crippen LogP contribution is 2.31. The van der Waals surface area contributed by atoms with Gasteiger partial charge in [0.2, 0.25) is 5.91 Å². The smallest absolute Gasteiger partial charge is 0.405 e. The van der Waals surface area contributed by atoms with Crippen LogP contribution in [-0.2, 0) is 4.79 Å². The topological polar surface area (TPSA) is 95.5 Å². The van der Waals surface area contributed by atoms with E-state index in [4.69, 9.17) is 16.7 Å². The predicted molar refractivity (Wildman–Crippen MR) is 105 cm³/mol. The van der Waals surface area contributed by atoms with E-state index in [0.717, 1.165) is 32.1 Å². The number of halogens is 1. The van der Waals surface area contributed by atoms with Crippen molar-refractivity contribution in [3.8, 4) is 0 Å². The Kier molecular flexibility index (Phi) is 7.66. The van der Waals surface area contributed by atoms with E-state index in [1.807, 2.05) is 6.92 Å². The van der Waals surface area contributed by atoms with E-state index in [0.29, 0.717) is 22.7 Å². The van der Waals surface area contributed by atoms with Gasteiger partial charge in [-0.05, 0) is 37.0 Å². The summed E-state index contributed by atoms with van der Waals surface area (Å²) < 4.78 is 0. The van der Waals surface area contributed by atoms with E-state index in [1.165, 1.54) is 0 Å². The molecule has 6 nitrogen and oxygen atoms in total. The third-order valence-electron chi connectivity index (χ3n) is 5.26. The SMILES string of the molecule is CCC(C)C(NC(=O)O)C(=O)Nc1ccc(Cl)cc1C(=O)C1CCCCC1. The first-order valence-electron chi connectivity index (χ1n) is 9.47. The van der Waals surface area contributed by atoms with E-state index >= 15 is 0 Å². The van der Waals surface area contributed by atoms with Gasteiger partial charge in [0.05, 0.1) is 5.69 Å². The Labute approximate surface area is 164 Å². The monoisotopic (exact) mass is 394 g/mol. The van der Waals surface area contributed by atoms with Crippen molar-refractivity contribution in [1.82, 2.24) is 5.32 Å². The molecule has 1 aromatic carbocycles. The maximum Gasteiger partial charge on any atom is 0.405 e. The number of hydrogen-bond donors (Lipinski definition) is 3. The lowest BCUT2D eigenvalue weighted by Gasteiger charge is -2.24. The molecule has 2 rings (SSSR count). The van der Waals surface area contributed by atoms with E-state index < -0.39 is 18.0 Å². The Bertz CT molecular complexity index is 701. The number of rotatable bonds is 7. The fourth-order valence-corrected chi connectivity index (χ4v) is 3.63. The first kappa shape index (κ1) is 21.2. The van der Waals surface area contributed by atoms with Gasteiger partial charge in [0.15, 0.2) is 5.78 Å². The van der Waals surface area contributed by atoms with Crippen LogP contribution in [0, 0.1) is 11.8 Å². The van der Waals surface area contributed by atoms with Crippen LogP contribution < -0.4 is 10.6 Å². The zero-order valence-electron chi connectivity index (χ0n) is 15.8. The van der Waals surface area contributed by atoms with E-state index in [1.54, 1.807) is 25.1 Å². The number of hydrogen-bond acceptors (Lipinski definition) is 3. The lowest BCUT2D eigenvalue weighted by Crippen LogP contribution is -2.47. The van der Waals surface area contributed by atoms with Gasteiger partial charge in [0, 0.05) is 16.5 Å². The number of nitrogens with one attached hydrogen (secondary N) is 2. The van der Waals surface area contributed by atoms with Crippen molar-refractivity contribution in [2.45, 2.75) is 58.4 Å². The Hall–Kier alpha value is -2.08. The molecule has 1 aliphatic rings. The van der Waals surface area contributed by atoms with Crippen molar-refractivity contribution in [3.63, 3.8) is 0 Å². The van der Waals surface area contributed by atoms with Crippen LogP contribution in [0.15, 0.2) is 18.2 Å². The molecule has 2 atom stereocenters. The molecule has 0 aromatic heterocycles. The molecule has 0 saturated heterocycles. The number of anilines is 1. The van der Waals surface area contributed by atoms with Crippen LogP contribution >= 0.6 is 11.6 Å². The summed E-state index contributed by atoms with van der Waals surface area (Å²) in [6.45, 7) is 3.69. The average Bonchev–Trinajstić information content (AvgIpc) is 2.66. The second kappa shape index (κ2) is 9.74. The van der Waals surface area contributed by atoms with Crippen molar-refractivity contribution in [1.29, 1.82) is 0 Å². The lowest BCUT2D eigenvalue weighted by molar-refractivity contribution is -0.119. The Morgan fingerprint density at radius 2 is 1.89 bits per heavy atom. The van der Waals surface area contributed by atoms with E-state index in [2.05, 4.69) is 10.6 Å². The normalized spacial score (nSPS) is 17.0. The molecule has 0 radical (unpaired) electrons. The molecular formula is C20H27ClN2O4. The van der Waals surface area contributed by atoms with Gasteiger partial charge in [-0.3, -0.25) is 9.59 Å². The highest BCUT2D eigenvalue weighted by Gasteiger charge is 2.29. The zero-order chi connectivity index (χ0) is 20.0. The predicted octanol–water partition coefficient (Wildman–Crippen LogP) is 4.72. The minimum Gasteiger partial charge on any atom is -0.465 e. The summed E-state index contributed by atoms with van der Waals surface area (Å²) >= 11 is 6.09. The summed E-state index contributed by atoms with van der Waals surface area (Å²) in [6, 6.07) is 3.89. The summed E-state index contributed by atoms with van der Waals surface area (Å²) in [4.78, 5) is 36.7. The highest BCUT2D eigenvalue weighted by molar-refractivity contribution is 6.31. The fourth-order valence-electron chi connectivity index (χ4n) is 3.46. The zero-order valence-corrected chi connectivity index (χ0v) is 16.5. The largest absolute Gasteiger partial charge is 0.465 e. The molecule has 2 amide bonds. The molecular weight excluding hydrogens is 368 g/mol. The van der Waals surface area contributed by atoms with Gasteiger partial charge < -0.3 is 15.7 Å². The number of benzene rings is 1. The molecule has 1 fully saturated rings. The van der Waals surface area contributed by atoms with Crippen molar-refractivity contribution >= 4 is 35.1 Å². The molecule has 0 bridgehead atoms. The minimum atomic E-state index is -1.26. The molecule has 1 saturated carbocycles. The van der Waals surface area contributed by atoms with Gasteiger partial charge in [-0.15, -0.1) is 0 Å². The highest BCUT2D eigenvalue weighted by atomic mass is 35.5. The minimum absolute atomic E-state index is 0.0150. The van der Waals surface area contributed by atoms with Crippen LogP contribution in [0.25, 0.3) is 0 Å². The van der Waals surface area contributed by atoms with Crippen molar-refractivity contribution in [2.24, 2.45) is 11.8 Å². The molecule has 0 aliphatic heterocycles. The van der Waals surface area contributed by atoms with Gasteiger partial charge in [-0.2, -0.15) is 0 Å². The summed E-state index contributed by atoms with van der Waals surface area (Å²) in [5.41, 5.74) is 0.765. The molecule has 3 N–H and O–H groups in total. The second-order valence-electron chi connectivity index (χ2n) is 7.19. The third kappa shape index (κ3) is 5.70. The average molecular weight is 395 g/mol. The number of ketones is 1. The van der Waals surface area contributed by atoms with Crippen LogP contribution in [0.1, 0.15) is 62.7 Å². The lowest BCUT2D eigenvalue weighted by atomic mass is 9.83. The molecule has 1 aromatic rings. The molecule has 7 heteroatoms. The molecule has 0 heterocycles. The summed E-state index contributed by atoms with van der Waals surface area (Å²) in [7, 11) is 0. The third-order valence-corrected chi connectivity index (χ3v) is 5.49. The van der Waals surface area contributed by atoms with Gasteiger partial charge in [-0.1, -0.05) is 51.1 Å². The maximum absolute atomic E-state index is 13.0. The first-order valence-corrected chi connectivity index (χ1v) is 9.85. The number of carbonyl (C=O) groups excluding carboxylic acids is 2. The van der Waals surface area contributed by atoms with Crippen LogP contribution in [0.3, 0.4) is 0 Å². The van der Waals surface area contributed by atoms with E-state index in [-0.39, 0.29) is 17.6 Å². The molecule has 0 spiro atoms.